The van der Waals surface area contributed by atoms with Crippen molar-refractivity contribution in [3.8, 4) is 5.75 Å². The molecule has 0 aliphatic carbocycles. The molecule has 1 atom stereocenters. The molecule has 0 bridgehead atoms. The summed E-state index contributed by atoms with van der Waals surface area (Å²) in [7, 11) is 1.70. The fourth-order valence-electron chi connectivity index (χ4n) is 1.47. The average molecular weight is 252 g/mol. The number of primary amides is 1. The molecular formula is C13H20N2O3. The van der Waals surface area contributed by atoms with Gasteiger partial charge in [-0.05, 0) is 25.6 Å². The van der Waals surface area contributed by atoms with Crippen LogP contribution in [0.4, 0.5) is 0 Å². The summed E-state index contributed by atoms with van der Waals surface area (Å²) in [5.74, 6) is 0.466. The van der Waals surface area contributed by atoms with E-state index < -0.39 is 0 Å². The molecule has 1 amide bonds. The number of nitrogens with two attached hydrogens (primary N) is 1. The molecule has 0 aliphatic heterocycles. The van der Waals surface area contributed by atoms with E-state index in [1.54, 1.807) is 7.05 Å². The van der Waals surface area contributed by atoms with Gasteiger partial charge in [0.2, 0.25) is 5.91 Å². The molecule has 0 radical (unpaired) electrons. The number of para-hydroxylation sites is 1. The third-order valence-electron chi connectivity index (χ3n) is 2.48. The van der Waals surface area contributed by atoms with Gasteiger partial charge in [-0.15, -0.1) is 0 Å². The van der Waals surface area contributed by atoms with E-state index in [0.717, 1.165) is 5.75 Å². The van der Waals surface area contributed by atoms with Crippen molar-refractivity contribution in [3.63, 3.8) is 0 Å². The highest BCUT2D eigenvalue weighted by Gasteiger charge is 2.11. The number of nitrogens with one attached hydrogen (secondary N) is 1. The van der Waals surface area contributed by atoms with Gasteiger partial charge >= 0.3 is 0 Å². The summed E-state index contributed by atoms with van der Waals surface area (Å²) >= 11 is 0. The standard InChI is InChI=1S/C13H20N2O3/c1-15-12(13(14)16)7-8-17-9-10-18-11-5-3-2-4-6-11/h2-6,12,15H,7-10H2,1H3,(H2,14,16). The lowest BCUT2D eigenvalue weighted by atomic mass is 10.2. The minimum absolute atomic E-state index is 0.333. The normalized spacial score (nSPS) is 12.1. The van der Waals surface area contributed by atoms with E-state index in [1.807, 2.05) is 30.3 Å². The lowest BCUT2D eigenvalue weighted by Gasteiger charge is -2.12. The topological polar surface area (TPSA) is 73.6 Å². The van der Waals surface area contributed by atoms with Gasteiger partial charge in [0.05, 0.1) is 12.6 Å². The monoisotopic (exact) mass is 252 g/mol. The quantitative estimate of drug-likeness (QED) is 0.629. The van der Waals surface area contributed by atoms with Crippen molar-refractivity contribution in [2.75, 3.05) is 26.9 Å². The molecule has 0 spiro atoms. The van der Waals surface area contributed by atoms with Gasteiger partial charge in [0, 0.05) is 6.61 Å². The number of hydrogen-bond donors (Lipinski definition) is 2. The lowest BCUT2D eigenvalue weighted by Crippen LogP contribution is -2.39. The first kappa shape index (κ1) is 14.5. The summed E-state index contributed by atoms with van der Waals surface area (Å²) in [6, 6.07) is 9.22. The zero-order chi connectivity index (χ0) is 13.2. The molecule has 0 saturated carbocycles. The van der Waals surface area contributed by atoms with Crippen molar-refractivity contribution in [1.29, 1.82) is 0 Å². The van der Waals surface area contributed by atoms with Crippen LogP contribution in [-0.2, 0) is 9.53 Å². The number of amides is 1. The maximum absolute atomic E-state index is 10.9. The van der Waals surface area contributed by atoms with Gasteiger partial charge < -0.3 is 20.5 Å². The lowest BCUT2D eigenvalue weighted by molar-refractivity contribution is -0.120. The van der Waals surface area contributed by atoms with Crippen LogP contribution in [0.3, 0.4) is 0 Å². The molecule has 1 unspecified atom stereocenters. The van der Waals surface area contributed by atoms with Crippen LogP contribution in [0.5, 0.6) is 5.75 Å². The molecule has 1 rings (SSSR count). The number of ether oxygens (including phenoxy) is 2. The van der Waals surface area contributed by atoms with E-state index in [0.29, 0.717) is 26.2 Å². The van der Waals surface area contributed by atoms with Crippen molar-refractivity contribution in [2.24, 2.45) is 5.73 Å². The molecule has 0 heterocycles. The van der Waals surface area contributed by atoms with E-state index in [2.05, 4.69) is 5.32 Å². The Hall–Kier alpha value is -1.59. The zero-order valence-electron chi connectivity index (χ0n) is 10.6. The Bertz CT molecular complexity index is 343. The van der Waals surface area contributed by atoms with Crippen LogP contribution in [0.15, 0.2) is 30.3 Å². The second-order valence-electron chi connectivity index (χ2n) is 3.81. The highest BCUT2D eigenvalue weighted by molar-refractivity contribution is 5.79. The molecule has 0 aromatic heterocycles. The van der Waals surface area contributed by atoms with Gasteiger partial charge in [0.1, 0.15) is 12.4 Å². The van der Waals surface area contributed by atoms with E-state index in [9.17, 15) is 4.79 Å². The number of benzene rings is 1. The second-order valence-corrected chi connectivity index (χ2v) is 3.81. The fraction of sp³-hybridized carbons (Fsp3) is 0.462. The van der Waals surface area contributed by atoms with E-state index in [-0.39, 0.29) is 11.9 Å². The Morgan fingerprint density at radius 1 is 1.28 bits per heavy atom. The van der Waals surface area contributed by atoms with Crippen LogP contribution in [0.25, 0.3) is 0 Å². The van der Waals surface area contributed by atoms with Gasteiger partial charge in [-0.2, -0.15) is 0 Å². The van der Waals surface area contributed by atoms with Gasteiger partial charge in [0.15, 0.2) is 0 Å². The first-order chi connectivity index (χ1) is 8.74. The smallest absolute Gasteiger partial charge is 0.234 e. The summed E-state index contributed by atoms with van der Waals surface area (Å²) < 4.78 is 10.8. The minimum Gasteiger partial charge on any atom is -0.491 e. The van der Waals surface area contributed by atoms with Crippen LogP contribution in [-0.4, -0.2) is 38.8 Å². The van der Waals surface area contributed by atoms with E-state index >= 15 is 0 Å². The Kier molecular flexibility index (Phi) is 6.83. The van der Waals surface area contributed by atoms with Crippen molar-refractivity contribution >= 4 is 5.91 Å². The largest absolute Gasteiger partial charge is 0.491 e. The summed E-state index contributed by atoms with van der Waals surface area (Å²) in [5, 5.41) is 2.83. The van der Waals surface area contributed by atoms with Crippen molar-refractivity contribution < 1.29 is 14.3 Å². The first-order valence-corrected chi connectivity index (χ1v) is 5.96. The third kappa shape index (κ3) is 5.65. The van der Waals surface area contributed by atoms with Crippen LogP contribution < -0.4 is 15.8 Å². The van der Waals surface area contributed by atoms with Crippen molar-refractivity contribution in [3.05, 3.63) is 30.3 Å². The molecule has 0 saturated heterocycles. The molecule has 1 aromatic carbocycles. The summed E-state index contributed by atoms with van der Waals surface area (Å²) in [6.45, 7) is 1.46. The average Bonchev–Trinajstić information content (AvgIpc) is 2.38. The van der Waals surface area contributed by atoms with Crippen LogP contribution >= 0.6 is 0 Å². The first-order valence-electron chi connectivity index (χ1n) is 5.96. The highest BCUT2D eigenvalue weighted by Crippen LogP contribution is 2.07. The Balaban J connectivity index is 2.04. The van der Waals surface area contributed by atoms with Crippen molar-refractivity contribution in [2.45, 2.75) is 12.5 Å². The molecule has 5 nitrogen and oxygen atoms in total. The summed E-state index contributed by atoms with van der Waals surface area (Å²) in [4.78, 5) is 10.9. The zero-order valence-corrected chi connectivity index (χ0v) is 10.6. The maximum Gasteiger partial charge on any atom is 0.234 e. The molecule has 0 fully saturated rings. The maximum atomic E-state index is 10.9. The molecule has 100 valence electrons. The predicted molar refractivity (Wildman–Crippen MR) is 69.4 cm³/mol. The fourth-order valence-corrected chi connectivity index (χ4v) is 1.47. The van der Waals surface area contributed by atoms with Crippen LogP contribution in [0, 0.1) is 0 Å². The number of carbonyl (C=O) groups excluding carboxylic acids is 1. The Labute approximate surface area is 107 Å². The number of carbonyl (C=O) groups is 1. The molecule has 0 aliphatic rings. The molecular weight excluding hydrogens is 232 g/mol. The van der Waals surface area contributed by atoms with Gasteiger partial charge in [-0.25, -0.2) is 0 Å². The number of hydrogen-bond acceptors (Lipinski definition) is 4. The van der Waals surface area contributed by atoms with E-state index in [4.69, 9.17) is 15.2 Å². The summed E-state index contributed by atoms with van der Waals surface area (Å²) in [6.07, 6.45) is 0.567. The Morgan fingerprint density at radius 2 is 2.00 bits per heavy atom. The second kappa shape index (κ2) is 8.49. The molecule has 1 aromatic rings. The third-order valence-corrected chi connectivity index (χ3v) is 2.48. The Morgan fingerprint density at radius 3 is 2.61 bits per heavy atom. The number of likely N-dealkylation sites (N-methyl/N-ethyl adjacent to an activating group) is 1. The van der Waals surface area contributed by atoms with Crippen molar-refractivity contribution in [1.82, 2.24) is 5.32 Å². The predicted octanol–water partition coefficient (Wildman–Crippen LogP) is 0.545. The molecule has 5 heteroatoms. The molecule has 18 heavy (non-hydrogen) atoms. The minimum atomic E-state index is -0.360. The number of rotatable bonds is 9. The van der Waals surface area contributed by atoms with Gasteiger partial charge in [0.25, 0.3) is 0 Å². The van der Waals surface area contributed by atoms with Crippen LogP contribution in [0.1, 0.15) is 6.42 Å². The van der Waals surface area contributed by atoms with Gasteiger partial charge in [-0.3, -0.25) is 4.79 Å². The van der Waals surface area contributed by atoms with Gasteiger partial charge in [-0.1, -0.05) is 18.2 Å². The molecule has 3 N–H and O–H groups in total. The highest BCUT2D eigenvalue weighted by atomic mass is 16.5. The SMILES string of the molecule is CNC(CCOCCOc1ccccc1)C(N)=O. The summed E-state index contributed by atoms with van der Waals surface area (Å²) in [5.41, 5.74) is 5.18. The van der Waals surface area contributed by atoms with E-state index in [1.165, 1.54) is 0 Å². The van der Waals surface area contributed by atoms with Crippen LogP contribution in [0.2, 0.25) is 0 Å².